The van der Waals surface area contributed by atoms with E-state index in [0.717, 1.165) is 11.1 Å². The molecule has 2 N–H and O–H groups in total. The molecule has 1 rings (SSSR count). The first-order valence-corrected chi connectivity index (χ1v) is 3.73. The molecule has 12 heavy (non-hydrogen) atoms. The van der Waals surface area contributed by atoms with Crippen molar-refractivity contribution < 1.29 is 10.0 Å². The Kier molecular flexibility index (Phi) is 2.68. The van der Waals surface area contributed by atoms with Crippen LogP contribution in [-0.2, 0) is 0 Å². The van der Waals surface area contributed by atoms with E-state index in [1.807, 2.05) is 31.2 Å². The van der Waals surface area contributed by atoms with E-state index in [-0.39, 0.29) is 0 Å². The lowest BCUT2D eigenvalue weighted by atomic mass is 9.76. The summed E-state index contributed by atoms with van der Waals surface area (Å²) in [5.74, 6) is 0. The van der Waals surface area contributed by atoms with Crippen molar-refractivity contribution in [3.8, 4) is 0 Å². The fraction of sp³-hybridized carbons (Fsp3) is 0.111. The minimum atomic E-state index is -1.47. The van der Waals surface area contributed by atoms with E-state index in [4.69, 9.17) is 10.0 Å². The van der Waals surface area contributed by atoms with Gasteiger partial charge in [-0.05, 0) is 18.0 Å². The summed E-state index contributed by atoms with van der Waals surface area (Å²) in [4.78, 5) is 0. The Morgan fingerprint density at radius 1 is 1.25 bits per heavy atom. The van der Waals surface area contributed by atoms with E-state index in [2.05, 4.69) is 6.58 Å². The normalized spacial score (nSPS) is 9.58. The lowest BCUT2D eigenvalue weighted by Crippen LogP contribution is -2.13. The molecule has 0 aliphatic heterocycles. The van der Waals surface area contributed by atoms with Crippen LogP contribution in [0.2, 0.25) is 0 Å². The second-order valence-electron chi connectivity index (χ2n) is 2.76. The molecule has 0 fully saturated rings. The number of rotatable bonds is 2. The number of aryl methyl sites for hydroxylation is 1. The summed E-state index contributed by atoms with van der Waals surface area (Å²) >= 11 is 0. The Hall–Kier alpha value is -1.06. The first kappa shape index (κ1) is 9.04. The lowest BCUT2D eigenvalue weighted by Gasteiger charge is -2.03. The maximum Gasteiger partial charge on any atom is 0.488 e. The van der Waals surface area contributed by atoms with Crippen LogP contribution in [0.15, 0.2) is 30.8 Å². The first-order chi connectivity index (χ1) is 5.61. The van der Waals surface area contributed by atoms with Gasteiger partial charge >= 0.3 is 7.12 Å². The topological polar surface area (TPSA) is 40.5 Å². The van der Waals surface area contributed by atoms with Crippen molar-refractivity contribution in [1.82, 2.24) is 0 Å². The molecule has 0 unspecified atom stereocenters. The fourth-order valence-electron chi connectivity index (χ4n) is 0.917. The second kappa shape index (κ2) is 3.56. The molecule has 0 bridgehead atoms. The third-order valence-corrected chi connectivity index (χ3v) is 1.73. The Balaban J connectivity index is 2.90. The molecule has 0 aliphatic carbocycles. The molecule has 0 atom stereocenters. The predicted octanol–water partition coefficient (Wildman–Crippen LogP) is 1.02. The summed E-state index contributed by atoms with van der Waals surface area (Å²) in [5.41, 5.74) is 2.23. The molecule has 1 aromatic carbocycles. The van der Waals surface area contributed by atoms with Gasteiger partial charge in [0.2, 0.25) is 0 Å². The van der Waals surface area contributed by atoms with Gasteiger partial charge in [0, 0.05) is 0 Å². The molecule has 62 valence electrons. The zero-order chi connectivity index (χ0) is 9.14. The van der Waals surface area contributed by atoms with Crippen molar-refractivity contribution in [3.63, 3.8) is 0 Å². The quantitative estimate of drug-likeness (QED) is 0.637. The monoisotopic (exact) mass is 162 g/mol. The third-order valence-electron chi connectivity index (χ3n) is 1.73. The summed E-state index contributed by atoms with van der Waals surface area (Å²) in [6.45, 7) is 5.53. The molecular weight excluding hydrogens is 151 g/mol. The van der Waals surface area contributed by atoms with Gasteiger partial charge in [0.1, 0.15) is 0 Å². The van der Waals surface area contributed by atoms with Gasteiger partial charge in [-0.15, -0.1) is 0 Å². The standard InChI is InChI=1S/C9H11BO2/c1-7-3-5-9(6-4-7)8(2)10(11)12/h3-6,11-12H,2H2,1H3. The number of hydrogen-bond acceptors (Lipinski definition) is 2. The second-order valence-corrected chi connectivity index (χ2v) is 2.76. The van der Waals surface area contributed by atoms with Gasteiger partial charge in [0.25, 0.3) is 0 Å². The highest BCUT2D eigenvalue weighted by atomic mass is 16.4. The highest BCUT2D eigenvalue weighted by Crippen LogP contribution is 2.13. The predicted molar refractivity (Wildman–Crippen MR) is 50.4 cm³/mol. The van der Waals surface area contributed by atoms with E-state index < -0.39 is 7.12 Å². The highest BCUT2D eigenvalue weighted by molar-refractivity contribution is 6.65. The molecule has 0 radical (unpaired) electrons. The van der Waals surface area contributed by atoms with Crippen molar-refractivity contribution in [1.29, 1.82) is 0 Å². The van der Waals surface area contributed by atoms with Crippen LogP contribution in [0.25, 0.3) is 5.47 Å². The minimum Gasteiger partial charge on any atom is -0.423 e. The van der Waals surface area contributed by atoms with E-state index >= 15 is 0 Å². The van der Waals surface area contributed by atoms with Crippen molar-refractivity contribution in [2.45, 2.75) is 6.92 Å². The first-order valence-electron chi connectivity index (χ1n) is 3.73. The number of benzene rings is 1. The van der Waals surface area contributed by atoms with Crippen LogP contribution in [0.5, 0.6) is 0 Å². The Morgan fingerprint density at radius 2 is 1.75 bits per heavy atom. The van der Waals surface area contributed by atoms with Gasteiger partial charge < -0.3 is 10.0 Å². The van der Waals surface area contributed by atoms with E-state index in [1.165, 1.54) is 0 Å². The van der Waals surface area contributed by atoms with Crippen molar-refractivity contribution in [2.75, 3.05) is 0 Å². The average molecular weight is 162 g/mol. The molecule has 3 heteroatoms. The zero-order valence-corrected chi connectivity index (χ0v) is 6.99. The van der Waals surface area contributed by atoms with Crippen LogP contribution in [0.4, 0.5) is 0 Å². The van der Waals surface area contributed by atoms with Crippen LogP contribution in [0.3, 0.4) is 0 Å². The zero-order valence-electron chi connectivity index (χ0n) is 6.99. The SMILES string of the molecule is C=C(B(O)O)c1ccc(C)cc1. The van der Waals surface area contributed by atoms with E-state index in [1.54, 1.807) is 0 Å². The molecule has 1 aromatic rings. The van der Waals surface area contributed by atoms with Gasteiger partial charge in [-0.1, -0.05) is 36.4 Å². The maximum atomic E-state index is 8.80. The summed E-state index contributed by atoms with van der Waals surface area (Å²) < 4.78 is 0. The molecule has 0 spiro atoms. The van der Waals surface area contributed by atoms with Crippen molar-refractivity contribution >= 4 is 12.6 Å². The molecule has 0 aliphatic rings. The van der Waals surface area contributed by atoms with Crippen LogP contribution in [0, 0.1) is 6.92 Å². The summed E-state index contributed by atoms with van der Waals surface area (Å²) in [6, 6.07) is 7.44. The van der Waals surface area contributed by atoms with Gasteiger partial charge in [0.05, 0.1) is 0 Å². The molecular formula is C9H11BO2. The fourth-order valence-corrected chi connectivity index (χ4v) is 0.917. The third kappa shape index (κ3) is 1.97. The summed E-state index contributed by atoms with van der Waals surface area (Å²) in [7, 11) is -1.47. The summed E-state index contributed by atoms with van der Waals surface area (Å²) in [6.07, 6.45) is 0. The van der Waals surface area contributed by atoms with Crippen LogP contribution in [-0.4, -0.2) is 17.2 Å². The molecule has 0 saturated carbocycles. The smallest absolute Gasteiger partial charge is 0.423 e. The van der Waals surface area contributed by atoms with Crippen LogP contribution >= 0.6 is 0 Å². The number of hydrogen-bond donors (Lipinski definition) is 2. The molecule has 2 nitrogen and oxygen atoms in total. The van der Waals surface area contributed by atoms with Gasteiger partial charge in [-0.3, -0.25) is 0 Å². The molecule has 0 aromatic heterocycles. The summed E-state index contributed by atoms with van der Waals surface area (Å²) in [5, 5.41) is 17.6. The Bertz CT molecular complexity index is 277. The van der Waals surface area contributed by atoms with Crippen LogP contribution in [0.1, 0.15) is 11.1 Å². The van der Waals surface area contributed by atoms with Gasteiger partial charge in [0.15, 0.2) is 0 Å². The van der Waals surface area contributed by atoms with Crippen LogP contribution < -0.4 is 0 Å². The maximum absolute atomic E-state index is 8.80. The van der Waals surface area contributed by atoms with Gasteiger partial charge in [-0.2, -0.15) is 0 Å². The molecule has 0 amide bonds. The molecule has 0 heterocycles. The van der Waals surface area contributed by atoms with E-state index in [9.17, 15) is 0 Å². The van der Waals surface area contributed by atoms with Crippen molar-refractivity contribution in [2.24, 2.45) is 0 Å². The molecule has 0 saturated heterocycles. The lowest BCUT2D eigenvalue weighted by molar-refractivity contribution is 0.427. The average Bonchev–Trinajstić information content (AvgIpc) is 2.04. The Morgan fingerprint density at radius 3 is 2.17 bits per heavy atom. The minimum absolute atomic E-state index is 0.329. The van der Waals surface area contributed by atoms with Crippen molar-refractivity contribution in [3.05, 3.63) is 42.0 Å². The largest absolute Gasteiger partial charge is 0.488 e. The van der Waals surface area contributed by atoms with E-state index in [0.29, 0.717) is 5.47 Å². The Labute approximate surface area is 72.3 Å². The van der Waals surface area contributed by atoms with Gasteiger partial charge in [-0.25, -0.2) is 0 Å². The highest BCUT2D eigenvalue weighted by Gasteiger charge is 2.13.